The molecular formula is C13H17BrO5. The van der Waals surface area contributed by atoms with E-state index < -0.39 is 35.5 Å². The Kier molecular flexibility index (Phi) is 4.60. The van der Waals surface area contributed by atoms with Gasteiger partial charge in [-0.2, -0.15) is 0 Å². The molecule has 0 radical (unpaired) electrons. The maximum Gasteiger partial charge on any atom is 0.155 e. The van der Waals surface area contributed by atoms with Crippen LogP contribution in [0.3, 0.4) is 0 Å². The second kappa shape index (κ2) is 5.87. The smallest absolute Gasteiger partial charge is 0.155 e. The zero-order valence-corrected chi connectivity index (χ0v) is 11.8. The van der Waals surface area contributed by atoms with Gasteiger partial charge in [0.15, 0.2) is 4.51 Å². The lowest BCUT2D eigenvalue weighted by Crippen LogP contribution is -2.63. The Balaban J connectivity index is 2.21. The Bertz CT molecular complexity index is 413. The number of aliphatic hydroxyl groups is 4. The van der Waals surface area contributed by atoms with Gasteiger partial charge in [-0.15, -0.1) is 0 Å². The van der Waals surface area contributed by atoms with Crippen molar-refractivity contribution >= 4 is 15.9 Å². The summed E-state index contributed by atoms with van der Waals surface area (Å²) in [5.74, 6) is 0. The zero-order valence-electron chi connectivity index (χ0n) is 10.2. The van der Waals surface area contributed by atoms with Crippen molar-refractivity contribution in [1.29, 1.82) is 0 Å². The summed E-state index contributed by atoms with van der Waals surface area (Å²) in [6.45, 7) is -0.437. The lowest BCUT2D eigenvalue weighted by molar-refractivity contribution is -0.239. The summed E-state index contributed by atoms with van der Waals surface area (Å²) in [5, 5.41) is 38.8. The molecule has 106 valence electrons. The van der Waals surface area contributed by atoms with Gasteiger partial charge in [0.1, 0.15) is 24.4 Å². The van der Waals surface area contributed by atoms with Gasteiger partial charge in [-0.1, -0.05) is 46.3 Å². The fraction of sp³-hybridized carbons (Fsp3) is 0.538. The molecule has 5 nitrogen and oxygen atoms in total. The molecule has 5 atom stereocenters. The molecule has 0 unspecified atom stereocenters. The van der Waals surface area contributed by atoms with Crippen LogP contribution in [-0.4, -0.2) is 56.0 Å². The highest BCUT2D eigenvalue weighted by atomic mass is 79.9. The maximum atomic E-state index is 10.1. The van der Waals surface area contributed by atoms with Crippen LogP contribution in [-0.2, 0) is 11.2 Å². The van der Waals surface area contributed by atoms with Crippen LogP contribution >= 0.6 is 15.9 Å². The molecule has 1 aromatic rings. The van der Waals surface area contributed by atoms with Crippen molar-refractivity contribution in [2.75, 3.05) is 6.61 Å². The fourth-order valence-corrected chi connectivity index (χ4v) is 3.05. The first kappa shape index (κ1) is 14.9. The van der Waals surface area contributed by atoms with Gasteiger partial charge in [0.2, 0.25) is 0 Å². The minimum Gasteiger partial charge on any atom is -0.394 e. The van der Waals surface area contributed by atoms with Crippen LogP contribution in [0, 0.1) is 0 Å². The largest absolute Gasteiger partial charge is 0.394 e. The quantitative estimate of drug-likeness (QED) is 0.575. The first-order valence-corrected chi connectivity index (χ1v) is 6.83. The van der Waals surface area contributed by atoms with E-state index in [1.54, 1.807) is 0 Å². The van der Waals surface area contributed by atoms with Gasteiger partial charge < -0.3 is 25.2 Å². The molecule has 1 heterocycles. The number of rotatable bonds is 3. The highest BCUT2D eigenvalue weighted by Crippen LogP contribution is 2.37. The second-order valence-electron chi connectivity index (χ2n) is 4.71. The van der Waals surface area contributed by atoms with Crippen LogP contribution < -0.4 is 0 Å². The van der Waals surface area contributed by atoms with Crippen molar-refractivity contribution in [3.8, 4) is 0 Å². The molecule has 2 rings (SSSR count). The van der Waals surface area contributed by atoms with Crippen molar-refractivity contribution in [2.45, 2.75) is 35.3 Å². The Morgan fingerprint density at radius 1 is 1.11 bits per heavy atom. The van der Waals surface area contributed by atoms with Gasteiger partial charge in [-0.3, -0.25) is 0 Å². The van der Waals surface area contributed by atoms with Gasteiger partial charge in [-0.25, -0.2) is 0 Å². The minimum atomic E-state index is -1.38. The van der Waals surface area contributed by atoms with Crippen LogP contribution in [0.5, 0.6) is 0 Å². The summed E-state index contributed by atoms with van der Waals surface area (Å²) in [7, 11) is 0. The molecule has 0 aromatic heterocycles. The standard InChI is InChI=1S/C13H17BrO5/c14-13(6-8-4-2-1-3-5-8)12(18)11(17)10(16)9(7-15)19-13/h1-5,9-12,15-18H,6-7H2/t9-,10-,11+,12-,13-/m1/s1. The number of aliphatic hydroxyl groups excluding tert-OH is 4. The number of alkyl halides is 1. The number of hydrogen-bond donors (Lipinski definition) is 4. The molecule has 0 amide bonds. The first-order valence-electron chi connectivity index (χ1n) is 6.03. The van der Waals surface area contributed by atoms with Crippen molar-refractivity contribution in [3.05, 3.63) is 35.9 Å². The molecule has 4 N–H and O–H groups in total. The molecule has 19 heavy (non-hydrogen) atoms. The van der Waals surface area contributed by atoms with E-state index in [2.05, 4.69) is 15.9 Å². The van der Waals surface area contributed by atoms with Crippen molar-refractivity contribution < 1.29 is 25.2 Å². The number of ether oxygens (including phenoxy) is 1. The average molecular weight is 333 g/mol. The normalized spacial score (nSPS) is 39.2. The third-order valence-corrected chi connectivity index (χ3v) is 4.25. The predicted molar refractivity (Wildman–Crippen MR) is 71.8 cm³/mol. The monoisotopic (exact) mass is 332 g/mol. The van der Waals surface area contributed by atoms with Crippen molar-refractivity contribution in [2.24, 2.45) is 0 Å². The van der Waals surface area contributed by atoms with E-state index in [-0.39, 0.29) is 0 Å². The molecule has 1 saturated heterocycles. The van der Waals surface area contributed by atoms with Gasteiger partial charge in [0.05, 0.1) is 6.61 Å². The molecule has 1 aromatic carbocycles. The van der Waals surface area contributed by atoms with E-state index in [1.807, 2.05) is 30.3 Å². The molecule has 0 bridgehead atoms. The highest BCUT2D eigenvalue weighted by Gasteiger charge is 2.51. The van der Waals surface area contributed by atoms with E-state index in [4.69, 9.17) is 9.84 Å². The summed E-state index contributed by atoms with van der Waals surface area (Å²) in [6.07, 6.45) is -4.64. The topological polar surface area (TPSA) is 90.2 Å². The zero-order chi connectivity index (χ0) is 14.0. The summed E-state index contributed by atoms with van der Waals surface area (Å²) in [5.41, 5.74) is 0.902. The fourth-order valence-electron chi connectivity index (χ4n) is 2.22. The molecule has 0 saturated carbocycles. The Labute approximate surface area is 119 Å². The van der Waals surface area contributed by atoms with Crippen LogP contribution in [0.25, 0.3) is 0 Å². The van der Waals surface area contributed by atoms with E-state index in [0.29, 0.717) is 6.42 Å². The Morgan fingerprint density at radius 3 is 2.32 bits per heavy atom. The van der Waals surface area contributed by atoms with Crippen LogP contribution in [0.2, 0.25) is 0 Å². The lowest BCUT2D eigenvalue weighted by atomic mass is 9.91. The van der Waals surface area contributed by atoms with Crippen LogP contribution in [0.1, 0.15) is 5.56 Å². The van der Waals surface area contributed by atoms with Crippen LogP contribution in [0.4, 0.5) is 0 Å². The third-order valence-electron chi connectivity index (χ3n) is 3.31. The van der Waals surface area contributed by atoms with E-state index in [9.17, 15) is 15.3 Å². The van der Waals surface area contributed by atoms with Crippen molar-refractivity contribution in [3.63, 3.8) is 0 Å². The molecule has 0 spiro atoms. The number of hydrogen-bond acceptors (Lipinski definition) is 5. The molecule has 0 aliphatic carbocycles. The summed E-state index contributed by atoms with van der Waals surface area (Å²) in [4.78, 5) is 0. The SMILES string of the molecule is OC[C@H]1O[C@](Br)(Cc2ccccc2)[C@H](O)[C@@H](O)[C@@H]1O. The van der Waals surface area contributed by atoms with Gasteiger partial charge >= 0.3 is 0 Å². The Morgan fingerprint density at radius 2 is 1.74 bits per heavy atom. The first-order chi connectivity index (χ1) is 8.98. The van der Waals surface area contributed by atoms with E-state index >= 15 is 0 Å². The Hall–Kier alpha value is -0.500. The second-order valence-corrected chi connectivity index (χ2v) is 6.06. The van der Waals surface area contributed by atoms with Crippen LogP contribution in [0.15, 0.2) is 30.3 Å². The molecule has 1 aliphatic rings. The predicted octanol–water partition coefficient (Wildman–Crippen LogP) is -0.206. The third kappa shape index (κ3) is 2.99. The highest BCUT2D eigenvalue weighted by molar-refractivity contribution is 9.10. The maximum absolute atomic E-state index is 10.1. The van der Waals surface area contributed by atoms with Crippen molar-refractivity contribution in [1.82, 2.24) is 0 Å². The molecule has 1 fully saturated rings. The van der Waals surface area contributed by atoms with Gasteiger partial charge in [-0.05, 0) is 5.56 Å². The van der Waals surface area contributed by atoms with Gasteiger partial charge in [0.25, 0.3) is 0 Å². The summed E-state index contributed by atoms with van der Waals surface area (Å²) < 4.78 is 4.29. The minimum absolute atomic E-state index is 0.301. The lowest BCUT2D eigenvalue weighted by Gasteiger charge is -2.45. The summed E-state index contributed by atoms with van der Waals surface area (Å²) >= 11 is 3.29. The molecule has 6 heteroatoms. The number of benzene rings is 1. The van der Waals surface area contributed by atoms with Gasteiger partial charge in [0, 0.05) is 6.42 Å². The summed E-state index contributed by atoms with van der Waals surface area (Å²) in [6, 6.07) is 9.32. The molecule has 1 aliphatic heterocycles. The van der Waals surface area contributed by atoms with E-state index in [1.165, 1.54) is 0 Å². The number of halogens is 1. The van der Waals surface area contributed by atoms with E-state index in [0.717, 1.165) is 5.56 Å². The average Bonchev–Trinajstić information content (AvgIpc) is 2.42. The molecular weight excluding hydrogens is 316 g/mol.